The van der Waals surface area contributed by atoms with E-state index in [4.69, 9.17) is 16.3 Å². The van der Waals surface area contributed by atoms with Crippen molar-refractivity contribution >= 4 is 38.8 Å². The number of allylic oxidation sites excluding steroid dienone is 1. The van der Waals surface area contributed by atoms with Crippen molar-refractivity contribution in [3.8, 4) is 5.75 Å². The predicted octanol–water partition coefficient (Wildman–Crippen LogP) is 4.81. The van der Waals surface area contributed by atoms with Crippen molar-refractivity contribution in [1.29, 1.82) is 0 Å². The number of hydrogen-bond donors (Lipinski definition) is 0. The summed E-state index contributed by atoms with van der Waals surface area (Å²) in [4.78, 5) is 10.7. The van der Waals surface area contributed by atoms with Crippen molar-refractivity contribution in [1.82, 2.24) is 0 Å². The largest absolute Gasteiger partial charge is 0.489 e. The molecular formula is C16H12BrClO2. The number of hydrogen-bond acceptors (Lipinski definition) is 2. The van der Waals surface area contributed by atoms with Crippen molar-refractivity contribution in [3.05, 3.63) is 70.2 Å². The molecule has 0 bridgehead atoms. The molecule has 20 heavy (non-hydrogen) atoms. The fraction of sp³-hybridized carbons (Fsp3) is 0.0625. The molecule has 0 heterocycles. The van der Waals surface area contributed by atoms with E-state index in [1.165, 1.54) is 6.08 Å². The molecule has 0 aromatic heterocycles. The molecule has 0 aliphatic rings. The molecule has 0 unspecified atom stereocenters. The van der Waals surface area contributed by atoms with Crippen LogP contribution in [0.25, 0.3) is 6.08 Å². The monoisotopic (exact) mass is 350 g/mol. The second-order valence-electron chi connectivity index (χ2n) is 4.13. The topological polar surface area (TPSA) is 26.3 Å². The van der Waals surface area contributed by atoms with E-state index in [0.717, 1.165) is 21.3 Å². The lowest BCUT2D eigenvalue weighted by molar-refractivity contribution is -0.107. The Hall–Kier alpha value is -1.58. The van der Waals surface area contributed by atoms with Gasteiger partial charge in [0.25, 0.3) is 0 Å². The summed E-state index contributed by atoms with van der Waals surface area (Å²) in [6.07, 6.45) is 2.97. The molecule has 102 valence electrons. The molecule has 2 aromatic rings. The smallest absolute Gasteiger partial charge is 0.245 e. The molecule has 2 rings (SSSR count). The Bertz CT molecular complexity index is 621. The van der Waals surface area contributed by atoms with Gasteiger partial charge in [-0.15, -0.1) is 0 Å². The number of ether oxygens (including phenoxy) is 1. The maximum atomic E-state index is 10.7. The maximum Gasteiger partial charge on any atom is 0.245 e. The van der Waals surface area contributed by atoms with E-state index >= 15 is 0 Å². The van der Waals surface area contributed by atoms with E-state index in [2.05, 4.69) is 15.9 Å². The van der Waals surface area contributed by atoms with E-state index in [-0.39, 0.29) is 0 Å². The summed E-state index contributed by atoms with van der Waals surface area (Å²) in [5.74, 6) is 0.747. The first-order valence-corrected chi connectivity index (χ1v) is 7.15. The Kier molecular flexibility index (Phi) is 5.39. The molecule has 0 saturated heterocycles. The highest BCUT2D eigenvalue weighted by Crippen LogP contribution is 2.17. The van der Waals surface area contributed by atoms with Gasteiger partial charge in [-0.1, -0.05) is 46.3 Å². The highest BCUT2D eigenvalue weighted by molar-refractivity contribution is 9.10. The average Bonchev–Trinajstić information content (AvgIpc) is 2.45. The molecule has 0 amide bonds. The lowest BCUT2D eigenvalue weighted by atomic mass is 10.2. The number of benzene rings is 2. The third kappa shape index (κ3) is 4.83. The zero-order valence-corrected chi connectivity index (χ0v) is 12.9. The minimum absolute atomic E-state index is 0.494. The van der Waals surface area contributed by atoms with Crippen LogP contribution >= 0.6 is 27.5 Å². The first-order chi connectivity index (χ1) is 9.63. The molecule has 0 atom stereocenters. The van der Waals surface area contributed by atoms with Crippen LogP contribution in [0, 0.1) is 0 Å². The summed E-state index contributed by atoms with van der Waals surface area (Å²) in [6.45, 7) is 0.495. The predicted molar refractivity (Wildman–Crippen MR) is 84.8 cm³/mol. The zero-order chi connectivity index (χ0) is 14.4. The quantitative estimate of drug-likeness (QED) is 0.571. The van der Waals surface area contributed by atoms with Crippen LogP contribution in [0.5, 0.6) is 5.75 Å². The number of rotatable bonds is 5. The Morgan fingerprint density at radius 2 is 1.95 bits per heavy atom. The summed E-state index contributed by atoms with van der Waals surface area (Å²) >= 11 is 8.65. The SMILES string of the molecule is O=C(Cl)/C=C/c1cccc(OCc2ccc(Br)cc2)c1. The minimum atomic E-state index is -0.494. The van der Waals surface area contributed by atoms with Crippen LogP contribution in [-0.2, 0) is 11.4 Å². The average molecular weight is 352 g/mol. The lowest BCUT2D eigenvalue weighted by Crippen LogP contribution is -1.95. The molecule has 0 aliphatic heterocycles. The molecule has 0 radical (unpaired) electrons. The normalized spacial score (nSPS) is 10.7. The zero-order valence-electron chi connectivity index (χ0n) is 10.6. The van der Waals surface area contributed by atoms with Crippen molar-refractivity contribution in [2.75, 3.05) is 0 Å². The third-order valence-corrected chi connectivity index (χ3v) is 3.24. The minimum Gasteiger partial charge on any atom is -0.489 e. The van der Waals surface area contributed by atoms with Crippen LogP contribution in [0.4, 0.5) is 0 Å². The fourth-order valence-electron chi connectivity index (χ4n) is 1.62. The molecular weight excluding hydrogens is 340 g/mol. The maximum absolute atomic E-state index is 10.7. The highest BCUT2D eigenvalue weighted by atomic mass is 79.9. The first-order valence-electron chi connectivity index (χ1n) is 5.98. The van der Waals surface area contributed by atoms with Gasteiger partial charge in [-0.05, 0) is 53.1 Å². The van der Waals surface area contributed by atoms with E-state index in [1.807, 2.05) is 48.5 Å². The van der Waals surface area contributed by atoms with Gasteiger partial charge in [0.2, 0.25) is 5.24 Å². The summed E-state index contributed by atoms with van der Waals surface area (Å²) in [5, 5.41) is -0.494. The second-order valence-corrected chi connectivity index (χ2v) is 5.41. The number of halogens is 2. The summed E-state index contributed by atoms with van der Waals surface area (Å²) in [6, 6.07) is 15.4. The molecule has 0 saturated carbocycles. The molecule has 2 aromatic carbocycles. The summed E-state index contributed by atoms with van der Waals surface area (Å²) in [5.41, 5.74) is 1.96. The van der Waals surface area contributed by atoms with Gasteiger partial charge in [-0.25, -0.2) is 0 Å². The Morgan fingerprint density at radius 1 is 1.20 bits per heavy atom. The van der Waals surface area contributed by atoms with Crippen molar-refractivity contribution in [2.45, 2.75) is 6.61 Å². The van der Waals surface area contributed by atoms with Crippen LogP contribution in [0.15, 0.2) is 59.1 Å². The van der Waals surface area contributed by atoms with Gasteiger partial charge in [0, 0.05) is 4.47 Å². The van der Waals surface area contributed by atoms with Crippen LogP contribution in [-0.4, -0.2) is 5.24 Å². The number of carbonyl (C=O) groups is 1. The van der Waals surface area contributed by atoms with Gasteiger partial charge < -0.3 is 4.74 Å². The first kappa shape index (κ1) is 14.8. The summed E-state index contributed by atoms with van der Waals surface area (Å²) < 4.78 is 6.75. The standard InChI is InChI=1S/C16H12BrClO2/c17-14-7-4-13(5-8-14)11-20-15-3-1-2-12(10-15)6-9-16(18)19/h1-10H,11H2/b9-6+. The van der Waals surface area contributed by atoms with Crippen LogP contribution in [0.1, 0.15) is 11.1 Å². The molecule has 0 fully saturated rings. The van der Waals surface area contributed by atoms with Gasteiger partial charge in [0.05, 0.1) is 0 Å². The van der Waals surface area contributed by atoms with E-state index in [9.17, 15) is 4.79 Å². The second kappa shape index (κ2) is 7.27. The Morgan fingerprint density at radius 3 is 2.65 bits per heavy atom. The lowest BCUT2D eigenvalue weighted by Gasteiger charge is -2.07. The van der Waals surface area contributed by atoms with E-state index in [1.54, 1.807) is 6.08 Å². The van der Waals surface area contributed by atoms with Crippen molar-refractivity contribution in [2.24, 2.45) is 0 Å². The van der Waals surface area contributed by atoms with Crippen LogP contribution in [0.3, 0.4) is 0 Å². The van der Waals surface area contributed by atoms with Gasteiger partial charge in [0.15, 0.2) is 0 Å². The van der Waals surface area contributed by atoms with Gasteiger partial charge in [-0.2, -0.15) is 0 Å². The van der Waals surface area contributed by atoms with Gasteiger partial charge in [0.1, 0.15) is 12.4 Å². The van der Waals surface area contributed by atoms with Crippen LogP contribution in [0.2, 0.25) is 0 Å². The molecule has 0 aliphatic carbocycles. The third-order valence-electron chi connectivity index (χ3n) is 2.58. The number of carbonyl (C=O) groups excluding carboxylic acids is 1. The molecule has 0 spiro atoms. The summed E-state index contributed by atoms with van der Waals surface area (Å²) in [7, 11) is 0. The van der Waals surface area contributed by atoms with E-state index in [0.29, 0.717) is 6.61 Å². The fourth-order valence-corrected chi connectivity index (χ4v) is 1.94. The van der Waals surface area contributed by atoms with Crippen LogP contribution < -0.4 is 4.74 Å². The Labute approximate surface area is 131 Å². The van der Waals surface area contributed by atoms with Crippen molar-refractivity contribution in [3.63, 3.8) is 0 Å². The molecule has 4 heteroatoms. The Balaban J connectivity index is 2.01. The van der Waals surface area contributed by atoms with E-state index < -0.39 is 5.24 Å². The molecule has 2 nitrogen and oxygen atoms in total. The van der Waals surface area contributed by atoms with Gasteiger partial charge >= 0.3 is 0 Å². The highest BCUT2D eigenvalue weighted by Gasteiger charge is 1.97. The van der Waals surface area contributed by atoms with Gasteiger partial charge in [-0.3, -0.25) is 4.79 Å². The molecule has 0 N–H and O–H groups in total. The van der Waals surface area contributed by atoms with Crippen molar-refractivity contribution < 1.29 is 9.53 Å².